The molecule has 0 atom stereocenters. The largest absolute Gasteiger partial charge is 0.491 e. The molecule has 0 amide bonds. The molecule has 0 spiro atoms. The zero-order chi connectivity index (χ0) is 10.6. The lowest BCUT2D eigenvalue weighted by molar-refractivity contribution is -0.137. The Morgan fingerprint density at radius 2 is 2.14 bits per heavy atom. The molecule has 1 N–H and O–H groups in total. The summed E-state index contributed by atoms with van der Waals surface area (Å²) in [6.45, 7) is 0.0788. The van der Waals surface area contributed by atoms with Crippen LogP contribution in [0.3, 0.4) is 0 Å². The van der Waals surface area contributed by atoms with Crippen molar-refractivity contribution >= 4 is 29.2 Å². The van der Waals surface area contributed by atoms with E-state index in [1.807, 2.05) is 0 Å². The predicted molar refractivity (Wildman–Crippen MR) is 54.2 cm³/mol. The number of aliphatic carboxylic acids is 1. The van der Waals surface area contributed by atoms with Crippen molar-refractivity contribution in [3.05, 3.63) is 28.2 Å². The van der Waals surface area contributed by atoms with Crippen LogP contribution in [0.1, 0.15) is 6.42 Å². The minimum absolute atomic E-state index is 0.0666. The molecule has 0 heterocycles. The SMILES string of the molecule is O=C(O)CCOc1cccc(Cl)c1Cl. The number of halogens is 2. The molecule has 1 rings (SSSR count). The summed E-state index contributed by atoms with van der Waals surface area (Å²) in [7, 11) is 0. The van der Waals surface area contributed by atoms with Crippen molar-refractivity contribution in [1.82, 2.24) is 0 Å². The monoisotopic (exact) mass is 234 g/mol. The van der Waals surface area contributed by atoms with Crippen LogP contribution in [0.4, 0.5) is 0 Å². The van der Waals surface area contributed by atoms with Crippen LogP contribution in [-0.2, 0) is 4.79 Å². The Morgan fingerprint density at radius 1 is 1.43 bits per heavy atom. The molecule has 3 nitrogen and oxygen atoms in total. The first-order valence-electron chi connectivity index (χ1n) is 3.90. The number of carboxylic acid groups (broad SMARTS) is 1. The highest BCUT2D eigenvalue weighted by Gasteiger charge is 2.05. The number of carboxylic acids is 1. The molecule has 1 aromatic carbocycles. The van der Waals surface area contributed by atoms with Gasteiger partial charge in [0.2, 0.25) is 0 Å². The molecule has 0 fully saturated rings. The fraction of sp³-hybridized carbons (Fsp3) is 0.222. The molecule has 0 unspecified atom stereocenters. The fourth-order valence-corrected chi connectivity index (χ4v) is 1.19. The summed E-state index contributed by atoms with van der Waals surface area (Å²) >= 11 is 11.5. The molecule has 76 valence electrons. The summed E-state index contributed by atoms with van der Waals surface area (Å²) in [5, 5.41) is 9.07. The van der Waals surface area contributed by atoms with Crippen molar-refractivity contribution in [2.45, 2.75) is 6.42 Å². The van der Waals surface area contributed by atoms with Crippen LogP contribution in [0, 0.1) is 0 Å². The molecule has 0 aromatic heterocycles. The number of hydrogen-bond donors (Lipinski definition) is 1. The molecule has 0 radical (unpaired) electrons. The lowest BCUT2D eigenvalue weighted by atomic mass is 10.3. The van der Waals surface area contributed by atoms with Gasteiger partial charge in [-0.15, -0.1) is 0 Å². The lowest BCUT2D eigenvalue weighted by Crippen LogP contribution is -2.04. The van der Waals surface area contributed by atoms with E-state index in [0.29, 0.717) is 15.8 Å². The third-order valence-electron chi connectivity index (χ3n) is 1.49. The van der Waals surface area contributed by atoms with E-state index in [4.69, 9.17) is 33.0 Å². The van der Waals surface area contributed by atoms with E-state index in [9.17, 15) is 4.79 Å². The number of hydrogen-bond acceptors (Lipinski definition) is 2. The van der Waals surface area contributed by atoms with Gasteiger partial charge in [-0.25, -0.2) is 0 Å². The first-order valence-corrected chi connectivity index (χ1v) is 4.65. The average Bonchev–Trinajstić information content (AvgIpc) is 2.12. The van der Waals surface area contributed by atoms with Crippen LogP contribution >= 0.6 is 23.2 Å². The Labute approximate surface area is 91.2 Å². The van der Waals surface area contributed by atoms with Gasteiger partial charge in [0.25, 0.3) is 0 Å². The second-order valence-electron chi connectivity index (χ2n) is 2.54. The van der Waals surface area contributed by atoms with Crippen molar-refractivity contribution in [3.8, 4) is 5.75 Å². The molecular weight excluding hydrogens is 227 g/mol. The van der Waals surface area contributed by atoms with Gasteiger partial charge < -0.3 is 9.84 Å². The summed E-state index contributed by atoms with van der Waals surface area (Å²) in [5.74, 6) is -0.511. The summed E-state index contributed by atoms with van der Waals surface area (Å²) in [6, 6.07) is 4.95. The van der Waals surface area contributed by atoms with Gasteiger partial charge in [0.05, 0.1) is 18.1 Å². The molecule has 0 bridgehead atoms. The van der Waals surface area contributed by atoms with E-state index in [0.717, 1.165) is 0 Å². The van der Waals surface area contributed by atoms with E-state index in [-0.39, 0.29) is 13.0 Å². The molecule has 0 saturated carbocycles. The van der Waals surface area contributed by atoms with Crippen LogP contribution in [0.2, 0.25) is 10.0 Å². The predicted octanol–water partition coefficient (Wildman–Crippen LogP) is 2.85. The van der Waals surface area contributed by atoms with Gasteiger partial charge in [0.15, 0.2) is 0 Å². The summed E-state index contributed by atoms with van der Waals surface area (Å²) in [6.07, 6.45) is -0.0666. The standard InChI is InChI=1S/C9H8Cl2O3/c10-6-2-1-3-7(9(6)11)14-5-4-8(12)13/h1-3H,4-5H2,(H,12,13). The number of ether oxygens (including phenoxy) is 1. The maximum atomic E-state index is 10.2. The molecule has 0 aliphatic heterocycles. The Morgan fingerprint density at radius 3 is 2.79 bits per heavy atom. The van der Waals surface area contributed by atoms with Crippen LogP contribution in [0.15, 0.2) is 18.2 Å². The quantitative estimate of drug-likeness (QED) is 0.872. The third-order valence-corrected chi connectivity index (χ3v) is 2.29. The summed E-state index contributed by atoms with van der Waals surface area (Å²) in [4.78, 5) is 10.2. The molecule has 0 aliphatic rings. The van der Waals surface area contributed by atoms with Gasteiger partial charge in [0.1, 0.15) is 10.8 Å². The zero-order valence-corrected chi connectivity index (χ0v) is 8.68. The van der Waals surface area contributed by atoms with Gasteiger partial charge in [-0.2, -0.15) is 0 Å². The lowest BCUT2D eigenvalue weighted by Gasteiger charge is -2.06. The highest BCUT2D eigenvalue weighted by molar-refractivity contribution is 6.42. The maximum absolute atomic E-state index is 10.2. The van der Waals surface area contributed by atoms with Gasteiger partial charge >= 0.3 is 5.97 Å². The molecule has 1 aromatic rings. The van der Waals surface area contributed by atoms with Crippen molar-refractivity contribution in [1.29, 1.82) is 0 Å². The first kappa shape index (κ1) is 11.1. The summed E-state index contributed by atoms with van der Waals surface area (Å²) in [5.41, 5.74) is 0. The smallest absolute Gasteiger partial charge is 0.306 e. The fourth-order valence-electron chi connectivity index (χ4n) is 0.844. The number of rotatable bonds is 4. The molecule has 5 heteroatoms. The van der Waals surface area contributed by atoms with E-state index in [1.165, 1.54) is 0 Å². The van der Waals surface area contributed by atoms with Crippen LogP contribution in [0.25, 0.3) is 0 Å². The number of carbonyl (C=O) groups is 1. The molecule has 14 heavy (non-hydrogen) atoms. The van der Waals surface area contributed by atoms with Crippen molar-refractivity contribution < 1.29 is 14.6 Å². The van der Waals surface area contributed by atoms with Crippen LogP contribution < -0.4 is 4.74 Å². The highest BCUT2D eigenvalue weighted by Crippen LogP contribution is 2.31. The van der Waals surface area contributed by atoms with E-state index >= 15 is 0 Å². The van der Waals surface area contributed by atoms with Gasteiger partial charge in [-0.05, 0) is 12.1 Å². The average molecular weight is 235 g/mol. The van der Waals surface area contributed by atoms with Crippen molar-refractivity contribution in [2.75, 3.05) is 6.61 Å². The maximum Gasteiger partial charge on any atom is 0.306 e. The molecule has 0 saturated heterocycles. The minimum atomic E-state index is -0.914. The topological polar surface area (TPSA) is 46.5 Å². The highest BCUT2D eigenvalue weighted by atomic mass is 35.5. The second kappa shape index (κ2) is 5.08. The van der Waals surface area contributed by atoms with Crippen LogP contribution in [-0.4, -0.2) is 17.7 Å². The van der Waals surface area contributed by atoms with Gasteiger partial charge in [0, 0.05) is 0 Å². The second-order valence-corrected chi connectivity index (χ2v) is 3.33. The van der Waals surface area contributed by atoms with E-state index in [1.54, 1.807) is 18.2 Å². The van der Waals surface area contributed by atoms with Crippen LogP contribution in [0.5, 0.6) is 5.75 Å². The first-order chi connectivity index (χ1) is 6.61. The Balaban J connectivity index is 2.59. The van der Waals surface area contributed by atoms with E-state index in [2.05, 4.69) is 0 Å². The molecular formula is C9H8Cl2O3. The van der Waals surface area contributed by atoms with E-state index < -0.39 is 5.97 Å². The summed E-state index contributed by atoms with van der Waals surface area (Å²) < 4.78 is 5.13. The Hall–Kier alpha value is -0.930. The third kappa shape index (κ3) is 3.09. The van der Waals surface area contributed by atoms with Gasteiger partial charge in [-0.3, -0.25) is 4.79 Å². The number of benzene rings is 1. The zero-order valence-electron chi connectivity index (χ0n) is 7.17. The normalized spacial score (nSPS) is 9.86. The Bertz CT molecular complexity index is 339. The van der Waals surface area contributed by atoms with Crippen molar-refractivity contribution in [2.24, 2.45) is 0 Å². The Kier molecular flexibility index (Phi) is 4.04. The van der Waals surface area contributed by atoms with Crippen molar-refractivity contribution in [3.63, 3.8) is 0 Å². The molecule has 0 aliphatic carbocycles. The minimum Gasteiger partial charge on any atom is -0.491 e. The van der Waals surface area contributed by atoms with Gasteiger partial charge in [-0.1, -0.05) is 29.3 Å².